The van der Waals surface area contributed by atoms with Gasteiger partial charge in [0.15, 0.2) is 0 Å². The number of aryl methyl sites for hydroxylation is 3. The lowest BCUT2D eigenvalue weighted by atomic mass is 9.96. The number of benzene rings is 3. The fourth-order valence-corrected chi connectivity index (χ4v) is 4.40. The second-order valence-electron chi connectivity index (χ2n) is 7.93. The Morgan fingerprint density at radius 2 is 1.71 bits per heavy atom. The van der Waals surface area contributed by atoms with Gasteiger partial charge in [-0.2, -0.15) is 0 Å². The average Bonchev–Trinajstić information content (AvgIpc) is 3.30. The number of hydrogen-bond donors (Lipinski definition) is 1. The van der Waals surface area contributed by atoms with Crippen LogP contribution >= 0.6 is 0 Å². The minimum Gasteiger partial charge on any atom is -0.497 e. The van der Waals surface area contributed by atoms with E-state index in [0.29, 0.717) is 0 Å². The molecule has 0 aliphatic carbocycles. The van der Waals surface area contributed by atoms with Crippen LogP contribution in [0.3, 0.4) is 0 Å². The second kappa shape index (κ2) is 8.31. The van der Waals surface area contributed by atoms with Crippen molar-refractivity contribution >= 4 is 16.6 Å². The number of aromatic nitrogens is 1. The Labute approximate surface area is 182 Å². The van der Waals surface area contributed by atoms with Crippen molar-refractivity contribution in [2.75, 3.05) is 19.0 Å². The third kappa shape index (κ3) is 3.81. The van der Waals surface area contributed by atoms with Crippen LogP contribution in [0.15, 0.2) is 66.7 Å². The van der Waals surface area contributed by atoms with Gasteiger partial charge in [0, 0.05) is 28.9 Å². The largest absolute Gasteiger partial charge is 0.497 e. The van der Waals surface area contributed by atoms with E-state index in [4.69, 9.17) is 14.5 Å². The summed E-state index contributed by atoms with van der Waals surface area (Å²) in [6.07, 6.45) is 2.80. The molecular weight excluding hydrogens is 384 g/mol. The lowest BCUT2D eigenvalue weighted by Gasteiger charge is -2.17. The number of ether oxygens (including phenoxy) is 2. The van der Waals surface area contributed by atoms with Gasteiger partial charge in [0.05, 0.1) is 12.6 Å². The highest BCUT2D eigenvalue weighted by molar-refractivity contribution is 5.98. The van der Waals surface area contributed by atoms with Gasteiger partial charge in [0.2, 0.25) is 0 Å². The standard InChI is InChI=1S/C27H26N2O2/c1-18-22-16-17-28-27(22)26-23(13-10-19-8-11-20(30-2)12-9-19)25(15-14-24(26)29-18)31-21-6-4-3-5-7-21/h3-9,11-12,14-15,28H,10,13,16-17H2,1-2H3. The van der Waals surface area contributed by atoms with Gasteiger partial charge >= 0.3 is 0 Å². The summed E-state index contributed by atoms with van der Waals surface area (Å²) in [5.74, 6) is 2.62. The Bertz CT molecular complexity index is 1220. The number of rotatable bonds is 6. The molecule has 0 fully saturated rings. The predicted octanol–water partition coefficient (Wildman–Crippen LogP) is 6.10. The van der Waals surface area contributed by atoms with E-state index in [2.05, 4.69) is 36.5 Å². The summed E-state index contributed by atoms with van der Waals surface area (Å²) in [6, 6.07) is 22.4. The summed E-state index contributed by atoms with van der Waals surface area (Å²) in [5.41, 5.74) is 7.17. The van der Waals surface area contributed by atoms with Crippen molar-refractivity contribution in [2.45, 2.75) is 26.2 Å². The maximum Gasteiger partial charge on any atom is 0.131 e. The van der Waals surface area contributed by atoms with Gasteiger partial charge in [-0.25, -0.2) is 0 Å². The fraction of sp³-hybridized carbons (Fsp3) is 0.222. The van der Waals surface area contributed by atoms with Crippen LogP contribution in [-0.4, -0.2) is 18.6 Å². The van der Waals surface area contributed by atoms with Crippen LogP contribution in [0.25, 0.3) is 10.9 Å². The fourth-order valence-electron chi connectivity index (χ4n) is 4.40. The molecule has 2 heterocycles. The molecule has 0 saturated heterocycles. The van der Waals surface area contributed by atoms with Gasteiger partial charge < -0.3 is 14.8 Å². The van der Waals surface area contributed by atoms with E-state index in [1.165, 1.54) is 27.8 Å². The smallest absolute Gasteiger partial charge is 0.131 e. The molecule has 0 unspecified atom stereocenters. The molecule has 4 aromatic rings. The second-order valence-corrected chi connectivity index (χ2v) is 7.93. The van der Waals surface area contributed by atoms with Crippen molar-refractivity contribution in [3.05, 3.63) is 89.1 Å². The molecule has 31 heavy (non-hydrogen) atoms. The van der Waals surface area contributed by atoms with E-state index in [-0.39, 0.29) is 0 Å². The summed E-state index contributed by atoms with van der Waals surface area (Å²) in [7, 11) is 1.70. The van der Waals surface area contributed by atoms with Crippen molar-refractivity contribution in [1.29, 1.82) is 0 Å². The summed E-state index contributed by atoms with van der Waals surface area (Å²) in [5, 5.41) is 4.81. The van der Waals surface area contributed by atoms with Gasteiger partial charge in [-0.05, 0) is 73.7 Å². The number of nitrogens with one attached hydrogen (secondary N) is 1. The predicted molar refractivity (Wildman–Crippen MR) is 126 cm³/mol. The number of methoxy groups -OCH3 is 1. The van der Waals surface area contributed by atoms with E-state index in [1.807, 2.05) is 42.5 Å². The number of anilines is 1. The van der Waals surface area contributed by atoms with Gasteiger partial charge in [-0.1, -0.05) is 30.3 Å². The number of para-hydroxylation sites is 1. The first kappa shape index (κ1) is 19.4. The Hall–Kier alpha value is -3.53. The Balaban J connectivity index is 1.59. The SMILES string of the molecule is COc1ccc(CCc2c(Oc3ccccc3)ccc3nc(C)c4c(c23)NCC4)cc1. The first-order valence-corrected chi connectivity index (χ1v) is 10.8. The summed E-state index contributed by atoms with van der Waals surface area (Å²) < 4.78 is 11.7. The zero-order chi connectivity index (χ0) is 21.2. The molecule has 0 amide bonds. The molecule has 0 atom stereocenters. The molecule has 156 valence electrons. The van der Waals surface area contributed by atoms with Crippen LogP contribution in [0.2, 0.25) is 0 Å². The molecule has 1 aliphatic heterocycles. The average molecular weight is 411 g/mol. The molecule has 4 nitrogen and oxygen atoms in total. The van der Waals surface area contributed by atoms with E-state index < -0.39 is 0 Å². The molecular formula is C27H26N2O2. The van der Waals surface area contributed by atoms with Crippen molar-refractivity contribution in [3.63, 3.8) is 0 Å². The summed E-state index contributed by atoms with van der Waals surface area (Å²) in [4.78, 5) is 4.92. The molecule has 1 N–H and O–H groups in total. The molecule has 3 aromatic carbocycles. The Morgan fingerprint density at radius 1 is 0.903 bits per heavy atom. The minimum absolute atomic E-state index is 0.845. The molecule has 4 heteroatoms. The number of pyridine rings is 1. The molecule has 1 aromatic heterocycles. The van der Waals surface area contributed by atoms with E-state index in [9.17, 15) is 0 Å². The van der Waals surface area contributed by atoms with Crippen molar-refractivity contribution in [1.82, 2.24) is 4.98 Å². The topological polar surface area (TPSA) is 43.4 Å². The quantitative estimate of drug-likeness (QED) is 0.417. The maximum atomic E-state index is 6.36. The van der Waals surface area contributed by atoms with Crippen LogP contribution in [0.5, 0.6) is 17.2 Å². The van der Waals surface area contributed by atoms with E-state index in [0.717, 1.165) is 54.3 Å². The number of nitrogens with zero attached hydrogens (tertiary/aromatic N) is 1. The number of hydrogen-bond acceptors (Lipinski definition) is 4. The van der Waals surface area contributed by atoms with Crippen LogP contribution in [-0.2, 0) is 19.3 Å². The van der Waals surface area contributed by atoms with Crippen LogP contribution in [0.1, 0.15) is 22.4 Å². The lowest BCUT2D eigenvalue weighted by molar-refractivity contribution is 0.414. The van der Waals surface area contributed by atoms with Crippen LogP contribution in [0, 0.1) is 6.92 Å². The van der Waals surface area contributed by atoms with Gasteiger partial charge in [-0.3, -0.25) is 4.98 Å². The molecule has 0 bridgehead atoms. The first-order valence-electron chi connectivity index (χ1n) is 10.8. The molecule has 0 radical (unpaired) electrons. The van der Waals surface area contributed by atoms with E-state index in [1.54, 1.807) is 7.11 Å². The number of fused-ring (bicyclic) bond motifs is 3. The van der Waals surface area contributed by atoms with E-state index >= 15 is 0 Å². The van der Waals surface area contributed by atoms with Crippen molar-refractivity contribution in [2.24, 2.45) is 0 Å². The van der Waals surface area contributed by atoms with Crippen molar-refractivity contribution < 1.29 is 9.47 Å². The zero-order valence-electron chi connectivity index (χ0n) is 17.9. The highest BCUT2D eigenvalue weighted by Gasteiger charge is 2.22. The van der Waals surface area contributed by atoms with Gasteiger partial charge in [0.25, 0.3) is 0 Å². The lowest BCUT2D eigenvalue weighted by Crippen LogP contribution is -2.01. The van der Waals surface area contributed by atoms with Crippen molar-refractivity contribution in [3.8, 4) is 17.2 Å². The minimum atomic E-state index is 0.845. The Kier molecular flexibility index (Phi) is 5.21. The monoisotopic (exact) mass is 410 g/mol. The highest BCUT2D eigenvalue weighted by atomic mass is 16.5. The molecule has 1 aliphatic rings. The molecule has 5 rings (SSSR count). The normalized spacial score (nSPS) is 12.5. The maximum absolute atomic E-state index is 6.36. The van der Waals surface area contributed by atoms with Crippen LogP contribution < -0.4 is 14.8 Å². The molecule has 0 saturated carbocycles. The Morgan fingerprint density at radius 3 is 2.48 bits per heavy atom. The van der Waals surface area contributed by atoms with Crippen LogP contribution in [0.4, 0.5) is 5.69 Å². The third-order valence-corrected chi connectivity index (χ3v) is 6.00. The highest BCUT2D eigenvalue weighted by Crippen LogP contribution is 2.40. The summed E-state index contributed by atoms with van der Waals surface area (Å²) >= 11 is 0. The zero-order valence-corrected chi connectivity index (χ0v) is 17.9. The van der Waals surface area contributed by atoms with Gasteiger partial charge in [0.1, 0.15) is 17.2 Å². The first-order chi connectivity index (χ1) is 15.2. The summed E-state index contributed by atoms with van der Waals surface area (Å²) in [6.45, 7) is 3.06. The van der Waals surface area contributed by atoms with Gasteiger partial charge in [-0.15, -0.1) is 0 Å². The third-order valence-electron chi connectivity index (χ3n) is 6.00. The molecule has 0 spiro atoms.